The van der Waals surface area contributed by atoms with Crippen molar-refractivity contribution in [1.29, 1.82) is 0 Å². The van der Waals surface area contributed by atoms with Crippen LogP contribution < -0.4 is 5.32 Å². The van der Waals surface area contributed by atoms with Crippen LogP contribution in [0.2, 0.25) is 5.02 Å². The molecule has 2 fully saturated rings. The second kappa shape index (κ2) is 11.3. The van der Waals surface area contributed by atoms with Crippen LogP contribution in [0.15, 0.2) is 48.8 Å². The zero-order valence-electron chi connectivity index (χ0n) is 19.7. The lowest BCUT2D eigenvalue weighted by Gasteiger charge is -2.38. The Hall–Kier alpha value is -2.48. The third-order valence-electron chi connectivity index (χ3n) is 7.14. The van der Waals surface area contributed by atoms with Gasteiger partial charge in [-0.15, -0.1) is 0 Å². The summed E-state index contributed by atoms with van der Waals surface area (Å²) in [5.74, 6) is 0.132. The molecule has 0 aliphatic carbocycles. The van der Waals surface area contributed by atoms with E-state index in [-0.39, 0.29) is 29.9 Å². The maximum absolute atomic E-state index is 13.3. The van der Waals surface area contributed by atoms with Gasteiger partial charge in [0.25, 0.3) is 0 Å². The van der Waals surface area contributed by atoms with Crippen molar-refractivity contribution in [3.63, 3.8) is 0 Å². The first-order valence-electron chi connectivity index (χ1n) is 11.9. The van der Waals surface area contributed by atoms with Gasteiger partial charge in [-0.25, -0.2) is 0 Å². The average molecular weight is 485 g/mol. The van der Waals surface area contributed by atoms with Crippen LogP contribution >= 0.6 is 11.6 Å². The van der Waals surface area contributed by atoms with Crippen LogP contribution in [0.25, 0.3) is 0 Å². The molecule has 0 saturated carbocycles. The highest BCUT2D eigenvalue weighted by Gasteiger charge is 2.47. The van der Waals surface area contributed by atoms with Crippen molar-refractivity contribution in [2.75, 3.05) is 39.9 Å². The van der Waals surface area contributed by atoms with Crippen molar-refractivity contribution in [3.8, 4) is 0 Å². The number of carbonyl (C=O) groups is 2. The first-order chi connectivity index (χ1) is 16.5. The van der Waals surface area contributed by atoms with E-state index in [0.717, 1.165) is 63.0 Å². The van der Waals surface area contributed by atoms with E-state index in [4.69, 9.17) is 16.3 Å². The van der Waals surface area contributed by atoms with E-state index in [9.17, 15) is 9.59 Å². The molecule has 2 amide bonds. The van der Waals surface area contributed by atoms with Crippen LogP contribution in [0.3, 0.4) is 0 Å². The lowest BCUT2D eigenvalue weighted by molar-refractivity contribution is -0.139. The topological polar surface area (TPSA) is 74.8 Å². The first-order valence-corrected chi connectivity index (χ1v) is 12.3. The Morgan fingerprint density at radius 3 is 2.65 bits per heavy atom. The van der Waals surface area contributed by atoms with Crippen molar-refractivity contribution >= 4 is 23.4 Å². The van der Waals surface area contributed by atoms with Gasteiger partial charge in [0.05, 0.1) is 11.5 Å². The van der Waals surface area contributed by atoms with Gasteiger partial charge < -0.3 is 19.9 Å². The van der Waals surface area contributed by atoms with E-state index in [1.807, 2.05) is 47.5 Å². The van der Waals surface area contributed by atoms with Crippen LogP contribution in [0.5, 0.6) is 0 Å². The molecular formula is C26H33ClN4O3. The fourth-order valence-electron chi connectivity index (χ4n) is 5.17. The second-order valence-corrected chi connectivity index (χ2v) is 9.73. The molecule has 2 saturated heterocycles. The van der Waals surface area contributed by atoms with E-state index in [1.165, 1.54) is 7.11 Å². The standard InChI is InChI=1S/C26H33ClN4O3/c1-34-19-24(32)29-23(21-6-2-3-7-22(21)27)8-13-30-14-9-26(10-15-30)11-16-31(25(26)33)18-20-5-4-12-28-17-20/h2-7,12,17,23H,8-11,13-16,18-19H2,1H3,(H,29,32). The molecule has 8 heteroatoms. The molecule has 182 valence electrons. The second-order valence-electron chi connectivity index (χ2n) is 9.32. The van der Waals surface area contributed by atoms with Crippen LogP contribution in [0.4, 0.5) is 0 Å². The van der Waals surface area contributed by atoms with Gasteiger partial charge in [-0.05, 0) is 62.0 Å². The number of pyridine rings is 1. The first kappa shape index (κ1) is 24.6. The highest BCUT2D eigenvalue weighted by Crippen LogP contribution is 2.42. The summed E-state index contributed by atoms with van der Waals surface area (Å²) in [5.41, 5.74) is 1.76. The highest BCUT2D eigenvalue weighted by atomic mass is 35.5. The summed E-state index contributed by atoms with van der Waals surface area (Å²) < 4.78 is 4.98. The Balaban J connectivity index is 1.32. The number of hydrogen-bond donors (Lipinski definition) is 1. The molecule has 7 nitrogen and oxygen atoms in total. The number of piperidine rings is 1. The van der Waals surface area contributed by atoms with E-state index in [2.05, 4.69) is 15.2 Å². The molecule has 1 N–H and O–H groups in total. The van der Waals surface area contributed by atoms with Gasteiger partial charge in [-0.1, -0.05) is 35.9 Å². The number of nitrogens with zero attached hydrogens (tertiary/aromatic N) is 3. The number of halogens is 1. The van der Waals surface area contributed by atoms with Crippen molar-refractivity contribution in [2.24, 2.45) is 5.41 Å². The Kier molecular flexibility index (Phi) is 8.19. The highest BCUT2D eigenvalue weighted by molar-refractivity contribution is 6.31. The number of aromatic nitrogens is 1. The maximum Gasteiger partial charge on any atom is 0.246 e. The molecule has 34 heavy (non-hydrogen) atoms. The Bertz CT molecular complexity index is 979. The molecular weight excluding hydrogens is 452 g/mol. The SMILES string of the molecule is COCC(=O)NC(CCN1CCC2(CC1)CCN(Cc1cccnc1)C2=O)c1ccccc1Cl. The number of methoxy groups -OCH3 is 1. The summed E-state index contributed by atoms with van der Waals surface area (Å²) in [6.45, 7) is 4.06. The smallest absolute Gasteiger partial charge is 0.246 e. The van der Waals surface area contributed by atoms with E-state index >= 15 is 0 Å². The van der Waals surface area contributed by atoms with Gasteiger partial charge in [0.2, 0.25) is 11.8 Å². The minimum atomic E-state index is -0.229. The number of benzene rings is 1. The van der Waals surface area contributed by atoms with Crippen molar-refractivity contribution in [2.45, 2.75) is 38.3 Å². The van der Waals surface area contributed by atoms with E-state index in [0.29, 0.717) is 11.6 Å². The third kappa shape index (κ3) is 5.77. The number of nitrogens with one attached hydrogen (secondary N) is 1. The molecule has 2 aliphatic heterocycles. The predicted octanol–water partition coefficient (Wildman–Crippen LogP) is 3.44. The molecule has 1 unspecified atom stereocenters. The zero-order chi connectivity index (χ0) is 24.0. The molecule has 1 spiro atoms. The summed E-state index contributed by atoms with van der Waals surface area (Å²) in [4.78, 5) is 34.1. The normalized spacial score (nSPS) is 18.9. The zero-order valence-corrected chi connectivity index (χ0v) is 20.5. The van der Waals surface area contributed by atoms with Gasteiger partial charge in [0.15, 0.2) is 0 Å². The van der Waals surface area contributed by atoms with Crippen LogP contribution in [-0.4, -0.2) is 66.5 Å². The molecule has 1 aromatic carbocycles. The van der Waals surface area contributed by atoms with Crippen molar-refractivity contribution in [1.82, 2.24) is 20.1 Å². The van der Waals surface area contributed by atoms with Crippen LogP contribution in [0, 0.1) is 5.41 Å². The quantitative estimate of drug-likeness (QED) is 0.590. The minimum Gasteiger partial charge on any atom is -0.375 e. The van der Waals surface area contributed by atoms with E-state index < -0.39 is 0 Å². The van der Waals surface area contributed by atoms with Gasteiger partial charge in [0, 0.05) is 44.2 Å². The summed E-state index contributed by atoms with van der Waals surface area (Å²) >= 11 is 6.43. The predicted molar refractivity (Wildman–Crippen MR) is 131 cm³/mol. The Morgan fingerprint density at radius 2 is 1.94 bits per heavy atom. The van der Waals surface area contributed by atoms with Gasteiger partial charge >= 0.3 is 0 Å². The fraction of sp³-hybridized carbons (Fsp3) is 0.500. The molecule has 1 aromatic heterocycles. The largest absolute Gasteiger partial charge is 0.375 e. The maximum atomic E-state index is 13.3. The minimum absolute atomic E-state index is 0.0187. The van der Waals surface area contributed by atoms with Gasteiger partial charge in [-0.2, -0.15) is 0 Å². The summed E-state index contributed by atoms with van der Waals surface area (Å²) in [7, 11) is 1.51. The number of carbonyl (C=O) groups excluding carboxylic acids is 2. The van der Waals surface area contributed by atoms with Crippen molar-refractivity contribution in [3.05, 3.63) is 64.9 Å². The fourth-order valence-corrected chi connectivity index (χ4v) is 5.43. The average Bonchev–Trinajstić information content (AvgIpc) is 3.14. The monoisotopic (exact) mass is 484 g/mol. The summed E-state index contributed by atoms with van der Waals surface area (Å²) in [6.07, 6.45) is 7.01. The van der Waals surface area contributed by atoms with Crippen LogP contribution in [-0.2, 0) is 20.9 Å². The molecule has 2 aliphatic rings. The molecule has 2 aromatic rings. The van der Waals surface area contributed by atoms with Gasteiger partial charge in [-0.3, -0.25) is 14.6 Å². The number of hydrogen-bond acceptors (Lipinski definition) is 5. The number of rotatable bonds is 9. The Labute approximate surface area is 206 Å². The van der Waals surface area contributed by atoms with Crippen LogP contribution in [0.1, 0.15) is 42.9 Å². The number of ether oxygens (including phenoxy) is 1. The number of likely N-dealkylation sites (tertiary alicyclic amines) is 2. The number of amides is 2. The molecule has 0 bridgehead atoms. The lowest BCUT2D eigenvalue weighted by atomic mass is 9.77. The lowest BCUT2D eigenvalue weighted by Crippen LogP contribution is -2.45. The molecule has 0 radical (unpaired) electrons. The molecule has 4 rings (SSSR count). The van der Waals surface area contributed by atoms with Crippen molar-refractivity contribution < 1.29 is 14.3 Å². The van der Waals surface area contributed by atoms with Gasteiger partial charge in [0.1, 0.15) is 6.61 Å². The summed E-state index contributed by atoms with van der Waals surface area (Å²) in [6, 6.07) is 11.4. The Morgan fingerprint density at radius 1 is 1.18 bits per heavy atom. The third-order valence-corrected chi connectivity index (χ3v) is 7.48. The molecule has 3 heterocycles. The molecule has 1 atom stereocenters. The summed E-state index contributed by atoms with van der Waals surface area (Å²) in [5, 5.41) is 3.70. The van der Waals surface area contributed by atoms with E-state index in [1.54, 1.807) is 6.20 Å².